The summed E-state index contributed by atoms with van der Waals surface area (Å²) in [7, 11) is 1.71. The van der Waals surface area contributed by atoms with Crippen LogP contribution in [0.15, 0.2) is 12.4 Å². The van der Waals surface area contributed by atoms with Crippen LogP contribution >= 0.6 is 11.6 Å². The molecule has 66 valence electrons. The second kappa shape index (κ2) is 4.11. The molecule has 0 saturated heterocycles. The molecule has 0 aliphatic carbocycles. The van der Waals surface area contributed by atoms with Gasteiger partial charge in [0.25, 0.3) is 0 Å². The lowest BCUT2D eigenvalue weighted by atomic mass is 10.3. The molecule has 0 saturated carbocycles. The molecule has 12 heavy (non-hydrogen) atoms. The van der Waals surface area contributed by atoms with Crippen molar-refractivity contribution >= 4 is 17.5 Å². The summed E-state index contributed by atoms with van der Waals surface area (Å²) in [4.78, 5) is 12.6. The first-order chi connectivity index (χ1) is 5.74. The Morgan fingerprint density at radius 3 is 3.08 bits per heavy atom. The van der Waals surface area contributed by atoms with Gasteiger partial charge < -0.3 is 4.90 Å². The van der Waals surface area contributed by atoms with Crippen molar-refractivity contribution in [3.8, 4) is 0 Å². The van der Waals surface area contributed by atoms with Crippen molar-refractivity contribution in [3.05, 3.63) is 18.0 Å². The van der Waals surface area contributed by atoms with Gasteiger partial charge in [-0.05, 0) is 0 Å². The molecule has 0 radical (unpaired) electrons. The van der Waals surface area contributed by atoms with Crippen LogP contribution in [0.1, 0.15) is 5.56 Å². The molecule has 1 aromatic rings. The Bertz CT molecular complexity index is 247. The van der Waals surface area contributed by atoms with Crippen LogP contribution in [0.4, 0.5) is 0 Å². The van der Waals surface area contributed by atoms with Crippen LogP contribution in [-0.4, -0.2) is 33.9 Å². The van der Waals surface area contributed by atoms with Gasteiger partial charge in [0.05, 0.1) is 6.20 Å². The van der Waals surface area contributed by atoms with E-state index < -0.39 is 0 Å². The SMILES string of the molecule is CN(Cc1cn[nH]c1)C(=O)CCl. The summed E-state index contributed by atoms with van der Waals surface area (Å²) >= 11 is 5.37. The minimum absolute atomic E-state index is 0.0222. The zero-order valence-electron chi connectivity index (χ0n) is 6.75. The highest BCUT2D eigenvalue weighted by atomic mass is 35.5. The van der Waals surface area contributed by atoms with E-state index in [-0.39, 0.29) is 11.8 Å². The molecule has 0 atom stereocenters. The van der Waals surface area contributed by atoms with Crippen molar-refractivity contribution in [1.82, 2.24) is 15.1 Å². The van der Waals surface area contributed by atoms with E-state index in [0.29, 0.717) is 6.54 Å². The van der Waals surface area contributed by atoms with Crippen molar-refractivity contribution in [1.29, 1.82) is 0 Å². The molecule has 0 aliphatic rings. The number of hydrogen-bond donors (Lipinski definition) is 1. The van der Waals surface area contributed by atoms with E-state index in [1.807, 2.05) is 0 Å². The van der Waals surface area contributed by atoms with Crippen LogP contribution in [0.3, 0.4) is 0 Å². The molecular formula is C7H10ClN3O. The molecule has 1 amide bonds. The third kappa shape index (κ3) is 2.23. The Morgan fingerprint density at radius 2 is 2.58 bits per heavy atom. The van der Waals surface area contributed by atoms with Gasteiger partial charge >= 0.3 is 0 Å². The maximum atomic E-state index is 11.0. The lowest BCUT2D eigenvalue weighted by Gasteiger charge is -2.13. The molecule has 5 heteroatoms. The van der Waals surface area contributed by atoms with Gasteiger partial charge in [-0.1, -0.05) is 0 Å². The second-order valence-electron chi connectivity index (χ2n) is 2.49. The Hall–Kier alpha value is -1.03. The second-order valence-corrected chi connectivity index (χ2v) is 2.76. The number of carbonyl (C=O) groups excluding carboxylic acids is 1. The fourth-order valence-electron chi connectivity index (χ4n) is 0.828. The van der Waals surface area contributed by atoms with E-state index in [2.05, 4.69) is 10.2 Å². The Kier molecular flexibility index (Phi) is 3.10. The van der Waals surface area contributed by atoms with Crippen molar-refractivity contribution < 1.29 is 4.79 Å². The molecule has 1 rings (SSSR count). The molecule has 0 bridgehead atoms. The number of aromatic nitrogens is 2. The minimum Gasteiger partial charge on any atom is -0.340 e. The molecule has 4 nitrogen and oxygen atoms in total. The first-order valence-electron chi connectivity index (χ1n) is 3.51. The average molecular weight is 188 g/mol. The fraction of sp³-hybridized carbons (Fsp3) is 0.429. The maximum Gasteiger partial charge on any atom is 0.237 e. The van der Waals surface area contributed by atoms with Crippen molar-refractivity contribution in [2.45, 2.75) is 6.54 Å². The topological polar surface area (TPSA) is 49.0 Å². The minimum atomic E-state index is -0.0853. The average Bonchev–Trinajstić information content (AvgIpc) is 2.55. The summed E-state index contributed by atoms with van der Waals surface area (Å²) in [5, 5.41) is 6.44. The smallest absolute Gasteiger partial charge is 0.237 e. The van der Waals surface area contributed by atoms with E-state index >= 15 is 0 Å². The molecule has 0 spiro atoms. The highest BCUT2D eigenvalue weighted by Gasteiger charge is 2.07. The number of alkyl halides is 1. The summed E-state index contributed by atoms with van der Waals surface area (Å²) in [6.45, 7) is 0.544. The van der Waals surface area contributed by atoms with Gasteiger partial charge in [0.15, 0.2) is 0 Å². The zero-order chi connectivity index (χ0) is 8.97. The largest absolute Gasteiger partial charge is 0.340 e. The molecule has 1 aromatic heterocycles. The first kappa shape index (κ1) is 9.06. The molecule has 0 aliphatic heterocycles. The monoisotopic (exact) mass is 187 g/mol. The summed E-state index contributed by atoms with van der Waals surface area (Å²) in [5.41, 5.74) is 0.968. The summed E-state index contributed by atoms with van der Waals surface area (Å²) in [5.74, 6) is -0.0631. The highest BCUT2D eigenvalue weighted by molar-refractivity contribution is 6.27. The van der Waals surface area contributed by atoms with Crippen LogP contribution in [0.5, 0.6) is 0 Å². The van der Waals surface area contributed by atoms with Crippen LogP contribution < -0.4 is 0 Å². The number of hydrogen-bond acceptors (Lipinski definition) is 2. The van der Waals surface area contributed by atoms with Crippen LogP contribution in [0.25, 0.3) is 0 Å². The van der Waals surface area contributed by atoms with E-state index in [0.717, 1.165) is 5.56 Å². The van der Waals surface area contributed by atoms with Gasteiger partial charge in [-0.15, -0.1) is 11.6 Å². The van der Waals surface area contributed by atoms with Gasteiger partial charge in [-0.2, -0.15) is 5.10 Å². The molecule has 1 heterocycles. The summed E-state index contributed by atoms with van der Waals surface area (Å²) in [6.07, 6.45) is 3.43. The molecule has 0 aromatic carbocycles. The first-order valence-corrected chi connectivity index (χ1v) is 4.05. The van der Waals surface area contributed by atoms with Crippen molar-refractivity contribution in [2.24, 2.45) is 0 Å². The molecule has 0 unspecified atom stereocenters. The third-order valence-electron chi connectivity index (χ3n) is 1.51. The van der Waals surface area contributed by atoms with Gasteiger partial charge in [0, 0.05) is 25.4 Å². The van der Waals surface area contributed by atoms with E-state index in [4.69, 9.17) is 11.6 Å². The number of rotatable bonds is 3. The Balaban J connectivity index is 2.47. The number of nitrogens with zero attached hydrogens (tertiary/aromatic N) is 2. The van der Waals surface area contributed by atoms with Crippen molar-refractivity contribution in [2.75, 3.05) is 12.9 Å². The lowest BCUT2D eigenvalue weighted by molar-refractivity contribution is -0.127. The number of carbonyl (C=O) groups is 1. The Labute approximate surface area is 75.5 Å². The number of H-pyrrole nitrogens is 1. The third-order valence-corrected chi connectivity index (χ3v) is 1.74. The maximum absolute atomic E-state index is 11.0. The quantitative estimate of drug-likeness (QED) is 0.705. The summed E-state index contributed by atoms with van der Waals surface area (Å²) < 4.78 is 0. The van der Waals surface area contributed by atoms with E-state index in [1.54, 1.807) is 24.3 Å². The van der Waals surface area contributed by atoms with E-state index in [1.165, 1.54) is 0 Å². The van der Waals surface area contributed by atoms with E-state index in [9.17, 15) is 4.79 Å². The number of aromatic amines is 1. The lowest BCUT2D eigenvalue weighted by Crippen LogP contribution is -2.26. The normalized spacial score (nSPS) is 9.83. The standard InChI is InChI=1S/C7H10ClN3O/c1-11(7(12)2-8)5-6-3-9-10-4-6/h3-4H,2,5H2,1H3,(H,9,10). The van der Waals surface area contributed by atoms with Gasteiger partial charge in [-0.3, -0.25) is 9.89 Å². The fourth-order valence-corrected chi connectivity index (χ4v) is 1.03. The van der Waals surface area contributed by atoms with Crippen molar-refractivity contribution in [3.63, 3.8) is 0 Å². The van der Waals surface area contributed by atoms with Gasteiger partial charge in [0.1, 0.15) is 5.88 Å². The van der Waals surface area contributed by atoms with Crippen LogP contribution in [0, 0.1) is 0 Å². The number of amides is 1. The predicted molar refractivity (Wildman–Crippen MR) is 45.8 cm³/mol. The van der Waals surface area contributed by atoms with Gasteiger partial charge in [0.2, 0.25) is 5.91 Å². The number of halogens is 1. The molecule has 1 N–H and O–H groups in total. The predicted octanol–water partition coefficient (Wildman–Crippen LogP) is 0.607. The molecular weight excluding hydrogens is 178 g/mol. The highest BCUT2D eigenvalue weighted by Crippen LogP contribution is 1.99. The van der Waals surface area contributed by atoms with Crippen LogP contribution in [-0.2, 0) is 11.3 Å². The number of nitrogens with one attached hydrogen (secondary N) is 1. The Morgan fingerprint density at radius 1 is 1.83 bits per heavy atom. The van der Waals surface area contributed by atoms with Crippen LogP contribution in [0.2, 0.25) is 0 Å². The summed E-state index contributed by atoms with van der Waals surface area (Å²) in [6, 6.07) is 0. The zero-order valence-corrected chi connectivity index (χ0v) is 7.51. The molecule has 0 fully saturated rings. The van der Waals surface area contributed by atoms with Gasteiger partial charge in [-0.25, -0.2) is 0 Å².